The first-order chi connectivity index (χ1) is 11.3. The van der Waals surface area contributed by atoms with Crippen LogP contribution in [-0.2, 0) is 14.8 Å². The molecule has 0 aliphatic heterocycles. The van der Waals surface area contributed by atoms with Gasteiger partial charge >= 0.3 is 0 Å². The average molecular weight is 411 g/mol. The molecular formula is C17H19BrN2O3S. The molecule has 1 amide bonds. The second-order valence-corrected chi connectivity index (χ2v) is 7.97. The van der Waals surface area contributed by atoms with E-state index in [1.165, 1.54) is 17.0 Å². The molecule has 2 aromatic rings. The first kappa shape index (κ1) is 18.6. The number of carbonyl (C=O) groups excluding carboxylic acids is 1. The SMILES string of the molecule is Cc1cc(N(C)C(=O)CCNS(=O)(=O)c2ccccc2)ccc1Br. The predicted molar refractivity (Wildman–Crippen MR) is 98.5 cm³/mol. The van der Waals surface area contributed by atoms with Crippen LogP contribution in [0.5, 0.6) is 0 Å². The summed E-state index contributed by atoms with van der Waals surface area (Å²) >= 11 is 3.42. The van der Waals surface area contributed by atoms with Crippen LogP contribution in [0.3, 0.4) is 0 Å². The average Bonchev–Trinajstić information content (AvgIpc) is 2.57. The molecule has 0 heterocycles. The van der Waals surface area contributed by atoms with Crippen molar-refractivity contribution < 1.29 is 13.2 Å². The lowest BCUT2D eigenvalue weighted by Gasteiger charge is -2.18. The smallest absolute Gasteiger partial charge is 0.240 e. The number of amides is 1. The molecule has 24 heavy (non-hydrogen) atoms. The number of aryl methyl sites for hydroxylation is 1. The second-order valence-electron chi connectivity index (χ2n) is 5.35. The van der Waals surface area contributed by atoms with E-state index in [0.29, 0.717) is 0 Å². The van der Waals surface area contributed by atoms with Crippen molar-refractivity contribution in [3.05, 3.63) is 58.6 Å². The van der Waals surface area contributed by atoms with Gasteiger partial charge in [-0.1, -0.05) is 34.1 Å². The van der Waals surface area contributed by atoms with Gasteiger partial charge in [-0.3, -0.25) is 4.79 Å². The zero-order chi connectivity index (χ0) is 17.7. The van der Waals surface area contributed by atoms with E-state index in [1.807, 2.05) is 25.1 Å². The minimum atomic E-state index is -3.59. The first-order valence-corrected chi connectivity index (χ1v) is 9.66. The lowest BCUT2D eigenvalue weighted by atomic mass is 10.2. The molecule has 5 nitrogen and oxygen atoms in total. The first-order valence-electron chi connectivity index (χ1n) is 7.38. The molecule has 0 saturated heterocycles. The van der Waals surface area contributed by atoms with Gasteiger partial charge in [0.2, 0.25) is 15.9 Å². The molecule has 128 valence electrons. The van der Waals surface area contributed by atoms with Crippen LogP contribution in [0.25, 0.3) is 0 Å². The maximum atomic E-state index is 12.2. The predicted octanol–water partition coefficient (Wildman–Crippen LogP) is 3.09. The van der Waals surface area contributed by atoms with Crippen molar-refractivity contribution >= 4 is 37.5 Å². The molecule has 7 heteroatoms. The van der Waals surface area contributed by atoms with Gasteiger partial charge < -0.3 is 4.90 Å². The number of sulfonamides is 1. The Morgan fingerprint density at radius 3 is 2.46 bits per heavy atom. The topological polar surface area (TPSA) is 66.5 Å². The maximum Gasteiger partial charge on any atom is 0.240 e. The second kappa shape index (κ2) is 7.92. The van der Waals surface area contributed by atoms with Crippen LogP contribution in [0.15, 0.2) is 57.9 Å². The third kappa shape index (κ3) is 4.66. The summed E-state index contributed by atoms with van der Waals surface area (Å²) in [6, 6.07) is 13.7. The number of rotatable bonds is 6. The summed E-state index contributed by atoms with van der Waals surface area (Å²) in [5, 5.41) is 0. The molecule has 0 aliphatic rings. The van der Waals surface area contributed by atoms with E-state index in [9.17, 15) is 13.2 Å². The van der Waals surface area contributed by atoms with E-state index in [2.05, 4.69) is 20.7 Å². The molecular weight excluding hydrogens is 392 g/mol. The largest absolute Gasteiger partial charge is 0.315 e. The fourth-order valence-electron chi connectivity index (χ4n) is 2.12. The quantitative estimate of drug-likeness (QED) is 0.795. The van der Waals surface area contributed by atoms with Gasteiger partial charge in [-0.25, -0.2) is 13.1 Å². The fraction of sp³-hybridized carbons (Fsp3) is 0.235. The summed E-state index contributed by atoms with van der Waals surface area (Å²) in [6.45, 7) is 2.00. The third-order valence-electron chi connectivity index (χ3n) is 3.59. The van der Waals surface area contributed by atoms with Gasteiger partial charge in [0, 0.05) is 30.2 Å². The molecule has 0 unspecified atom stereocenters. The van der Waals surface area contributed by atoms with Crippen LogP contribution in [0, 0.1) is 6.92 Å². The number of hydrogen-bond acceptors (Lipinski definition) is 3. The van der Waals surface area contributed by atoms with Gasteiger partial charge in [-0.2, -0.15) is 0 Å². The summed E-state index contributed by atoms with van der Waals surface area (Å²) in [4.78, 5) is 14.0. The number of anilines is 1. The summed E-state index contributed by atoms with van der Waals surface area (Å²) in [5.74, 6) is -0.160. The highest BCUT2D eigenvalue weighted by Gasteiger charge is 2.16. The molecule has 0 radical (unpaired) electrons. The van der Waals surface area contributed by atoms with Crippen molar-refractivity contribution in [3.63, 3.8) is 0 Å². The van der Waals surface area contributed by atoms with Crippen LogP contribution in [0.1, 0.15) is 12.0 Å². The Hall–Kier alpha value is -1.70. The van der Waals surface area contributed by atoms with Gasteiger partial charge in [0.25, 0.3) is 0 Å². The molecule has 0 aliphatic carbocycles. The summed E-state index contributed by atoms with van der Waals surface area (Å²) < 4.78 is 27.6. The van der Waals surface area contributed by atoms with Gasteiger partial charge in [-0.15, -0.1) is 0 Å². The van der Waals surface area contributed by atoms with Crippen LogP contribution < -0.4 is 9.62 Å². The van der Waals surface area contributed by atoms with Crippen LogP contribution >= 0.6 is 15.9 Å². The summed E-state index contributed by atoms with van der Waals surface area (Å²) in [7, 11) is -1.91. The van der Waals surface area contributed by atoms with Crippen molar-refractivity contribution in [3.8, 4) is 0 Å². The van der Waals surface area contributed by atoms with Crippen LogP contribution in [0.4, 0.5) is 5.69 Å². The Morgan fingerprint density at radius 1 is 1.17 bits per heavy atom. The molecule has 0 atom stereocenters. The third-order valence-corrected chi connectivity index (χ3v) is 5.95. The minimum absolute atomic E-state index is 0.0515. The van der Waals surface area contributed by atoms with E-state index in [0.717, 1.165) is 15.7 Å². The number of halogens is 1. The van der Waals surface area contributed by atoms with E-state index in [4.69, 9.17) is 0 Å². The number of benzene rings is 2. The zero-order valence-electron chi connectivity index (χ0n) is 13.5. The van der Waals surface area contributed by atoms with Crippen LogP contribution in [-0.4, -0.2) is 27.9 Å². The van der Waals surface area contributed by atoms with Crippen molar-refractivity contribution in [2.75, 3.05) is 18.5 Å². The number of nitrogens with zero attached hydrogens (tertiary/aromatic N) is 1. The maximum absolute atomic E-state index is 12.2. The standard InChI is InChI=1S/C17H19BrN2O3S/c1-13-12-14(8-9-16(13)18)20(2)17(21)10-11-19-24(22,23)15-6-4-3-5-7-15/h3-9,12,19H,10-11H2,1-2H3. The lowest BCUT2D eigenvalue weighted by molar-refractivity contribution is -0.118. The monoisotopic (exact) mass is 410 g/mol. The van der Waals surface area contributed by atoms with E-state index >= 15 is 0 Å². The van der Waals surface area contributed by atoms with Gasteiger partial charge in [0.1, 0.15) is 0 Å². The number of carbonyl (C=O) groups is 1. The fourth-order valence-corrected chi connectivity index (χ4v) is 3.42. The van der Waals surface area contributed by atoms with Crippen molar-refractivity contribution in [1.82, 2.24) is 4.72 Å². The Balaban J connectivity index is 1.94. The Labute approximate surface area is 150 Å². The summed E-state index contributed by atoms with van der Waals surface area (Å²) in [6.07, 6.45) is 0.0810. The van der Waals surface area contributed by atoms with E-state index in [-0.39, 0.29) is 23.8 Å². The molecule has 2 aromatic carbocycles. The van der Waals surface area contributed by atoms with Gasteiger partial charge in [0.05, 0.1) is 4.90 Å². The van der Waals surface area contributed by atoms with Crippen molar-refractivity contribution in [2.45, 2.75) is 18.2 Å². The molecule has 0 spiro atoms. The highest BCUT2D eigenvalue weighted by Crippen LogP contribution is 2.22. The van der Waals surface area contributed by atoms with E-state index < -0.39 is 10.0 Å². The number of nitrogens with one attached hydrogen (secondary N) is 1. The highest BCUT2D eigenvalue weighted by atomic mass is 79.9. The van der Waals surface area contributed by atoms with E-state index in [1.54, 1.807) is 25.2 Å². The minimum Gasteiger partial charge on any atom is -0.315 e. The molecule has 0 saturated carbocycles. The zero-order valence-corrected chi connectivity index (χ0v) is 15.9. The molecule has 0 bridgehead atoms. The van der Waals surface area contributed by atoms with Gasteiger partial charge in [-0.05, 0) is 42.8 Å². The van der Waals surface area contributed by atoms with Crippen molar-refractivity contribution in [2.24, 2.45) is 0 Å². The molecule has 0 fully saturated rings. The molecule has 1 N–H and O–H groups in total. The lowest BCUT2D eigenvalue weighted by Crippen LogP contribution is -2.32. The Kier molecular flexibility index (Phi) is 6.15. The Morgan fingerprint density at radius 2 is 1.83 bits per heavy atom. The van der Waals surface area contributed by atoms with Crippen LogP contribution in [0.2, 0.25) is 0 Å². The number of hydrogen-bond donors (Lipinski definition) is 1. The Bertz CT molecular complexity index is 823. The molecule has 2 rings (SSSR count). The van der Waals surface area contributed by atoms with Crippen molar-refractivity contribution in [1.29, 1.82) is 0 Å². The normalized spacial score (nSPS) is 11.3. The molecule has 0 aromatic heterocycles. The summed E-state index contributed by atoms with van der Waals surface area (Å²) in [5.41, 5.74) is 1.79. The highest BCUT2D eigenvalue weighted by molar-refractivity contribution is 9.10. The van der Waals surface area contributed by atoms with Gasteiger partial charge in [0.15, 0.2) is 0 Å².